The van der Waals surface area contributed by atoms with Crippen LogP contribution < -0.4 is 10.6 Å². The number of H-pyrrole nitrogens is 1. The highest BCUT2D eigenvalue weighted by molar-refractivity contribution is 7.89. The van der Waals surface area contributed by atoms with Crippen LogP contribution in [-0.2, 0) is 16.4 Å². The first kappa shape index (κ1) is 19.7. The predicted octanol–water partition coefficient (Wildman–Crippen LogP) is 2.21. The van der Waals surface area contributed by atoms with Gasteiger partial charge in [-0.25, -0.2) is 17.5 Å². The van der Waals surface area contributed by atoms with Crippen LogP contribution in [0.25, 0.3) is 10.9 Å². The molecule has 2 heterocycles. The molecule has 2 amide bonds. The van der Waals surface area contributed by atoms with Crippen molar-refractivity contribution in [1.29, 1.82) is 0 Å². The summed E-state index contributed by atoms with van der Waals surface area (Å²) in [6.45, 7) is 3.37. The van der Waals surface area contributed by atoms with E-state index in [1.54, 1.807) is 4.31 Å². The van der Waals surface area contributed by atoms with Crippen LogP contribution in [0.5, 0.6) is 0 Å². The first-order valence-corrected chi connectivity index (χ1v) is 11.2. The molecule has 1 aromatic heterocycles. The van der Waals surface area contributed by atoms with Crippen molar-refractivity contribution >= 4 is 27.0 Å². The number of benzene rings is 1. The quantitative estimate of drug-likeness (QED) is 0.674. The monoisotopic (exact) mass is 392 g/mol. The fourth-order valence-corrected chi connectivity index (χ4v) is 5.09. The van der Waals surface area contributed by atoms with Crippen molar-refractivity contribution in [1.82, 2.24) is 19.9 Å². The normalized spacial score (nSPS) is 16.5. The molecule has 8 heteroatoms. The van der Waals surface area contributed by atoms with Gasteiger partial charge in [0, 0.05) is 42.8 Å². The molecule has 148 valence electrons. The van der Waals surface area contributed by atoms with Crippen molar-refractivity contribution in [2.45, 2.75) is 38.6 Å². The second kappa shape index (κ2) is 8.75. The molecule has 27 heavy (non-hydrogen) atoms. The van der Waals surface area contributed by atoms with E-state index in [1.165, 1.54) is 10.9 Å². The Balaban J connectivity index is 1.40. The maximum absolute atomic E-state index is 12.1. The van der Waals surface area contributed by atoms with Crippen LogP contribution in [0.4, 0.5) is 4.79 Å². The van der Waals surface area contributed by atoms with E-state index in [4.69, 9.17) is 0 Å². The number of hydrogen-bond donors (Lipinski definition) is 3. The lowest BCUT2D eigenvalue weighted by Crippen LogP contribution is -2.49. The van der Waals surface area contributed by atoms with E-state index < -0.39 is 10.0 Å². The summed E-state index contributed by atoms with van der Waals surface area (Å²) in [5.41, 5.74) is 2.28. The maximum atomic E-state index is 12.1. The van der Waals surface area contributed by atoms with Gasteiger partial charge in [-0.3, -0.25) is 0 Å². The molecule has 0 bridgehead atoms. The highest BCUT2D eigenvalue weighted by Gasteiger charge is 2.27. The highest BCUT2D eigenvalue weighted by atomic mass is 32.2. The molecule has 0 aliphatic carbocycles. The van der Waals surface area contributed by atoms with E-state index in [9.17, 15) is 13.2 Å². The molecular formula is C19H28N4O3S. The number of urea groups is 1. The maximum Gasteiger partial charge on any atom is 0.315 e. The number of carbonyl (C=O) groups excluding carboxylic acids is 1. The minimum Gasteiger partial charge on any atom is -0.361 e. The third-order valence-corrected chi connectivity index (χ3v) is 7.08. The molecule has 3 N–H and O–H groups in total. The Bertz CT molecular complexity index is 870. The number of aromatic nitrogens is 1. The van der Waals surface area contributed by atoms with E-state index in [1.807, 2.05) is 31.3 Å². The molecule has 0 radical (unpaired) electrons. The fourth-order valence-electron chi connectivity index (χ4n) is 3.55. The van der Waals surface area contributed by atoms with Gasteiger partial charge in [0.15, 0.2) is 0 Å². The number of amides is 2. The number of aromatic amines is 1. The number of nitrogens with one attached hydrogen (secondary N) is 3. The average molecular weight is 393 g/mol. The van der Waals surface area contributed by atoms with E-state index >= 15 is 0 Å². The Labute approximate surface area is 160 Å². The van der Waals surface area contributed by atoms with Crippen molar-refractivity contribution in [3.05, 3.63) is 36.0 Å². The van der Waals surface area contributed by atoms with Gasteiger partial charge in [0.25, 0.3) is 0 Å². The molecule has 1 aliphatic heterocycles. The second-order valence-corrected chi connectivity index (χ2v) is 9.09. The minimum absolute atomic E-state index is 0.0196. The lowest BCUT2D eigenvalue weighted by Gasteiger charge is -2.31. The van der Waals surface area contributed by atoms with Crippen LogP contribution in [0.1, 0.15) is 31.7 Å². The molecule has 0 saturated carbocycles. The van der Waals surface area contributed by atoms with Gasteiger partial charge in [0.1, 0.15) is 0 Å². The van der Waals surface area contributed by atoms with Gasteiger partial charge in [-0.1, -0.05) is 25.1 Å². The number of carbonyl (C=O) groups is 1. The van der Waals surface area contributed by atoms with Crippen molar-refractivity contribution in [3.8, 4) is 0 Å². The smallest absolute Gasteiger partial charge is 0.315 e. The first-order valence-electron chi connectivity index (χ1n) is 9.57. The van der Waals surface area contributed by atoms with Crippen molar-refractivity contribution in [3.63, 3.8) is 0 Å². The number of piperidine rings is 1. The Morgan fingerprint density at radius 1 is 1.26 bits per heavy atom. The topological polar surface area (TPSA) is 94.3 Å². The van der Waals surface area contributed by atoms with Gasteiger partial charge in [-0.05, 0) is 37.3 Å². The summed E-state index contributed by atoms with van der Waals surface area (Å²) in [7, 11) is -3.14. The Hall–Kier alpha value is -2.06. The van der Waals surface area contributed by atoms with Crippen molar-refractivity contribution in [2.75, 3.05) is 25.4 Å². The summed E-state index contributed by atoms with van der Waals surface area (Å²) in [5.74, 6) is 0.194. The van der Waals surface area contributed by atoms with Gasteiger partial charge >= 0.3 is 6.03 Å². The van der Waals surface area contributed by atoms with Crippen LogP contribution in [-0.4, -0.2) is 55.2 Å². The summed E-state index contributed by atoms with van der Waals surface area (Å²) in [6.07, 6.45) is 4.67. The number of para-hydroxylation sites is 1. The zero-order chi connectivity index (χ0) is 19.3. The zero-order valence-electron chi connectivity index (χ0n) is 15.7. The number of hydrogen-bond acceptors (Lipinski definition) is 3. The summed E-state index contributed by atoms with van der Waals surface area (Å²) in [4.78, 5) is 15.4. The van der Waals surface area contributed by atoms with Crippen molar-refractivity contribution < 1.29 is 13.2 Å². The minimum atomic E-state index is -3.14. The van der Waals surface area contributed by atoms with Gasteiger partial charge in [-0.15, -0.1) is 0 Å². The number of rotatable bonds is 7. The summed E-state index contributed by atoms with van der Waals surface area (Å²) < 4.78 is 25.7. The number of nitrogens with zero attached hydrogens (tertiary/aromatic N) is 1. The largest absolute Gasteiger partial charge is 0.361 e. The molecule has 1 saturated heterocycles. The Morgan fingerprint density at radius 3 is 2.74 bits per heavy atom. The molecule has 1 aromatic carbocycles. The molecule has 3 rings (SSSR count). The molecule has 7 nitrogen and oxygen atoms in total. The Morgan fingerprint density at radius 2 is 2.00 bits per heavy atom. The predicted molar refractivity (Wildman–Crippen MR) is 107 cm³/mol. The lowest BCUT2D eigenvalue weighted by molar-refractivity contribution is 0.228. The lowest BCUT2D eigenvalue weighted by atomic mass is 10.1. The molecule has 0 atom stereocenters. The second-order valence-electron chi connectivity index (χ2n) is 7.00. The van der Waals surface area contributed by atoms with E-state index in [0.717, 1.165) is 11.9 Å². The van der Waals surface area contributed by atoms with Crippen molar-refractivity contribution in [2.24, 2.45) is 0 Å². The van der Waals surface area contributed by atoms with E-state index in [0.29, 0.717) is 38.9 Å². The van der Waals surface area contributed by atoms with Crippen LogP contribution in [0.15, 0.2) is 30.5 Å². The fraction of sp³-hybridized carbons (Fsp3) is 0.526. The summed E-state index contributed by atoms with van der Waals surface area (Å²) >= 11 is 0. The molecule has 1 fully saturated rings. The number of sulfonamides is 1. The molecule has 2 aromatic rings. The Kier molecular flexibility index (Phi) is 6.38. The van der Waals surface area contributed by atoms with Crippen LogP contribution >= 0.6 is 0 Å². The van der Waals surface area contributed by atoms with E-state index in [2.05, 4.69) is 21.7 Å². The summed E-state index contributed by atoms with van der Waals surface area (Å²) in [5, 5.41) is 7.04. The van der Waals surface area contributed by atoms with Crippen LogP contribution in [0, 0.1) is 0 Å². The highest BCUT2D eigenvalue weighted by Crippen LogP contribution is 2.18. The van der Waals surface area contributed by atoms with Gasteiger partial charge in [-0.2, -0.15) is 0 Å². The molecule has 1 aliphatic rings. The van der Waals surface area contributed by atoms with Gasteiger partial charge in [0.05, 0.1) is 5.75 Å². The third-order valence-electron chi connectivity index (χ3n) is 5.00. The van der Waals surface area contributed by atoms with Gasteiger partial charge in [0.2, 0.25) is 10.0 Å². The molecule has 0 unspecified atom stereocenters. The van der Waals surface area contributed by atoms with Crippen LogP contribution in [0.3, 0.4) is 0 Å². The van der Waals surface area contributed by atoms with E-state index in [-0.39, 0.29) is 17.8 Å². The molecular weight excluding hydrogens is 364 g/mol. The SMILES string of the molecule is CCCS(=O)(=O)N1CCC(NC(=O)NCCc2c[nH]c3ccccc23)CC1. The molecule has 0 spiro atoms. The standard InChI is InChI=1S/C19H28N4O3S/c1-2-13-27(25,26)23-11-8-16(9-12-23)22-19(24)20-10-7-15-14-21-18-6-4-3-5-17(15)18/h3-6,14,16,21H,2,7-13H2,1H3,(H2,20,22,24). The van der Waals surface area contributed by atoms with Crippen LogP contribution in [0.2, 0.25) is 0 Å². The van der Waals surface area contributed by atoms with Gasteiger partial charge < -0.3 is 15.6 Å². The third kappa shape index (κ3) is 5.01. The zero-order valence-corrected chi connectivity index (χ0v) is 16.5. The first-order chi connectivity index (χ1) is 13.0. The average Bonchev–Trinajstić information content (AvgIpc) is 3.05. The summed E-state index contributed by atoms with van der Waals surface area (Å²) in [6, 6.07) is 7.93. The number of fused-ring (bicyclic) bond motifs is 1.